The van der Waals surface area contributed by atoms with Crippen LogP contribution in [0.1, 0.15) is 13.8 Å². The number of nitrogens with two attached hydrogens (primary N) is 1. The number of hydrogen-bond donors (Lipinski definition) is 2. The minimum Gasteiger partial charge on any atom is -0.320 e. The molecule has 1 amide bonds. The highest BCUT2D eigenvalue weighted by Gasteiger charge is 2.17. The Bertz CT molecular complexity index is 395. The SMILES string of the molecule is CC(C)[C@H](N)C(=O)Nc1ccn(CCN(C)C)n1.Cl.Cl. The van der Waals surface area contributed by atoms with E-state index in [9.17, 15) is 4.79 Å². The molecule has 6 nitrogen and oxygen atoms in total. The largest absolute Gasteiger partial charge is 0.320 e. The van der Waals surface area contributed by atoms with E-state index in [1.807, 2.05) is 34.1 Å². The second-order valence-corrected chi connectivity index (χ2v) is 5.03. The van der Waals surface area contributed by atoms with Crippen molar-refractivity contribution in [3.05, 3.63) is 12.3 Å². The number of nitrogens with zero attached hydrogens (tertiary/aromatic N) is 3. The summed E-state index contributed by atoms with van der Waals surface area (Å²) in [4.78, 5) is 13.8. The summed E-state index contributed by atoms with van der Waals surface area (Å²) < 4.78 is 1.80. The van der Waals surface area contributed by atoms with Gasteiger partial charge in [0.25, 0.3) is 0 Å². The molecule has 0 spiro atoms. The Morgan fingerprint density at radius 1 is 1.45 bits per heavy atom. The summed E-state index contributed by atoms with van der Waals surface area (Å²) in [5, 5.41) is 6.99. The summed E-state index contributed by atoms with van der Waals surface area (Å²) in [6.07, 6.45) is 1.85. The quantitative estimate of drug-likeness (QED) is 0.824. The highest BCUT2D eigenvalue weighted by molar-refractivity contribution is 5.93. The van der Waals surface area contributed by atoms with Crippen molar-refractivity contribution in [2.45, 2.75) is 26.4 Å². The van der Waals surface area contributed by atoms with Crippen molar-refractivity contribution in [1.82, 2.24) is 14.7 Å². The first-order valence-corrected chi connectivity index (χ1v) is 6.14. The zero-order valence-electron chi connectivity index (χ0n) is 12.4. The van der Waals surface area contributed by atoms with Crippen LogP contribution in [0, 0.1) is 5.92 Å². The molecule has 0 aliphatic heterocycles. The van der Waals surface area contributed by atoms with E-state index in [1.165, 1.54) is 0 Å². The Morgan fingerprint density at radius 2 is 2.05 bits per heavy atom. The maximum Gasteiger partial charge on any atom is 0.242 e. The van der Waals surface area contributed by atoms with Gasteiger partial charge in [-0.25, -0.2) is 0 Å². The van der Waals surface area contributed by atoms with Crippen molar-refractivity contribution in [2.24, 2.45) is 11.7 Å². The number of hydrogen-bond acceptors (Lipinski definition) is 4. The molecule has 0 saturated carbocycles. The van der Waals surface area contributed by atoms with E-state index in [4.69, 9.17) is 5.73 Å². The maximum absolute atomic E-state index is 11.7. The molecule has 20 heavy (non-hydrogen) atoms. The molecule has 118 valence electrons. The normalized spacial score (nSPS) is 11.8. The molecule has 1 aromatic rings. The number of halogens is 2. The zero-order chi connectivity index (χ0) is 13.7. The van der Waals surface area contributed by atoms with E-state index < -0.39 is 6.04 Å². The van der Waals surface area contributed by atoms with E-state index in [0.29, 0.717) is 5.82 Å². The van der Waals surface area contributed by atoms with E-state index in [1.54, 1.807) is 10.7 Å². The number of carbonyl (C=O) groups excluding carboxylic acids is 1. The number of nitrogens with one attached hydrogen (secondary N) is 1. The van der Waals surface area contributed by atoms with Crippen LogP contribution in [0.5, 0.6) is 0 Å². The fraction of sp³-hybridized carbons (Fsp3) is 0.667. The summed E-state index contributed by atoms with van der Waals surface area (Å²) in [6.45, 7) is 5.53. The van der Waals surface area contributed by atoms with Crippen LogP contribution in [0.2, 0.25) is 0 Å². The number of carbonyl (C=O) groups is 1. The first-order chi connectivity index (χ1) is 8.40. The van der Waals surface area contributed by atoms with Gasteiger partial charge < -0.3 is 16.0 Å². The first kappa shape index (κ1) is 21.5. The monoisotopic (exact) mass is 325 g/mol. The van der Waals surface area contributed by atoms with Crippen molar-refractivity contribution in [1.29, 1.82) is 0 Å². The van der Waals surface area contributed by atoms with Gasteiger partial charge in [0.05, 0.1) is 12.6 Å². The van der Waals surface area contributed by atoms with Crippen molar-refractivity contribution in [3.63, 3.8) is 0 Å². The number of likely N-dealkylation sites (N-methyl/N-ethyl adjacent to an activating group) is 1. The third kappa shape index (κ3) is 7.09. The average molecular weight is 326 g/mol. The molecule has 0 bridgehead atoms. The van der Waals surface area contributed by atoms with Crippen LogP contribution in [-0.4, -0.2) is 47.3 Å². The average Bonchev–Trinajstić information content (AvgIpc) is 2.72. The number of aromatic nitrogens is 2. The van der Waals surface area contributed by atoms with E-state index >= 15 is 0 Å². The summed E-state index contributed by atoms with van der Waals surface area (Å²) in [5.41, 5.74) is 5.76. The van der Waals surface area contributed by atoms with E-state index in [-0.39, 0.29) is 36.6 Å². The highest BCUT2D eigenvalue weighted by atomic mass is 35.5. The van der Waals surface area contributed by atoms with Gasteiger partial charge in [-0.3, -0.25) is 9.48 Å². The van der Waals surface area contributed by atoms with Crippen LogP contribution in [0.3, 0.4) is 0 Å². The summed E-state index contributed by atoms with van der Waals surface area (Å²) >= 11 is 0. The van der Waals surface area contributed by atoms with Gasteiger partial charge in [-0.1, -0.05) is 13.8 Å². The van der Waals surface area contributed by atoms with Gasteiger partial charge in [-0.05, 0) is 20.0 Å². The Morgan fingerprint density at radius 3 is 2.55 bits per heavy atom. The second kappa shape index (κ2) is 9.99. The van der Waals surface area contributed by atoms with E-state index in [2.05, 4.69) is 15.3 Å². The molecule has 1 rings (SSSR count). The van der Waals surface area contributed by atoms with Gasteiger partial charge in [-0.2, -0.15) is 5.10 Å². The Balaban J connectivity index is 0. The third-order valence-electron chi connectivity index (χ3n) is 2.69. The predicted octanol–water partition coefficient (Wildman–Crippen LogP) is 1.21. The molecule has 1 heterocycles. The molecule has 0 saturated heterocycles. The first-order valence-electron chi connectivity index (χ1n) is 6.14. The topological polar surface area (TPSA) is 76.2 Å². The summed E-state index contributed by atoms with van der Waals surface area (Å²) in [6, 6.07) is 1.28. The lowest BCUT2D eigenvalue weighted by molar-refractivity contribution is -0.118. The van der Waals surface area contributed by atoms with Crippen molar-refractivity contribution >= 4 is 36.5 Å². The summed E-state index contributed by atoms with van der Waals surface area (Å²) in [7, 11) is 4.02. The fourth-order valence-corrected chi connectivity index (χ4v) is 1.37. The Kier molecular flexibility index (Phi) is 10.7. The molecular formula is C12H25Cl2N5O. The minimum absolute atomic E-state index is 0. The van der Waals surface area contributed by atoms with E-state index in [0.717, 1.165) is 13.1 Å². The second-order valence-electron chi connectivity index (χ2n) is 5.03. The number of amides is 1. The van der Waals surface area contributed by atoms with Gasteiger partial charge in [0.2, 0.25) is 5.91 Å². The number of rotatable bonds is 6. The van der Waals surface area contributed by atoms with Gasteiger partial charge in [-0.15, -0.1) is 24.8 Å². The number of anilines is 1. The Hall–Kier alpha value is -0.820. The van der Waals surface area contributed by atoms with Crippen LogP contribution in [0.15, 0.2) is 12.3 Å². The molecule has 0 fully saturated rings. The molecule has 1 aromatic heterocycles. The maximum atomic E-state index is 11.7. The zero-order valence-corrected chi connectivity index (χ0v) is 14.0. The van der Waals surface area contributed by atoms with Crippen molar-refractivity contribution in [3.8, 4) is 0 Å². The van der Waals surface area contributed by atoms with Gasteiger partial charge in [0, 0.05) is 18.8 Å². The lowest BCUT2D eigenvalue weighted by Crippen LogP contribution is -2.39. The standard InChI is InChI=1S/C12H23N5O.2ClH/c1-9(2)11(13)12(18)14-10-5-6-17(15-10)8-7-16(3)4;;/h5-6,9,11H,7-8,13H2,1-4H3,(H,14,15,18);2*1H/t11-;;/m0../s1. The molecule has 0 aromatic carbocycles. The molecule has 1 atom stereocenters. The van der Waals surface area contributed by atoms with Crippen molar-refractivity contribution in [2.75, 3.05) is 26.0 Å². The Labute approximate surface area is 132 Å². The smallest absolute Gasteiger partial charge is 0.242 e. The molecule has 0 aliphatic carbocycles. The highest BCUT2D eigenvalue weighted by Crippen LogP contribution is 2.06. The third-order valence-corrected chi connectivity index (χ3v) is 2.69. The minimum atomic E-state index is -0.503. The molecular weight excluding hydrogens is 301 g/mol. The summed E-state index contributed by atoms with van der Waals surface area (Å²) in [5.74, 6) is 0.471. The predicted molar refractivity (Wildman–Crippen MR) is 86.7 cm³/mol. The van der Waals surface area contributed by atoms with Gasteiger partial charge in [0.15, 0.2) is 5.82 Å². The lowest BCUT2D eigenvalue weighted by Gasteiger charge is -2.14. The van der Waals surface area contributed by atoms with Crippen LogP contribution < -0.4 is 11.1 Å². The van der Waals surface area contributed by atoms with Crippen molar-refractivity contribution < 1.29 is 4.79 Å². The van der Waals surface area contributed by atoms with Crippen LogP contribution >= 0.6 is 24.8 Å². The molecule has 0 radical (unpaired) electrons. The van der Waals surface area contributed by atoms with Crippen LogP contribution in [0.25, 0.3) is 0 Å². The lowest BCUT2D eigenvalue weighted by atomic mass is 10.1. The molecule has 3 N–H and O–H groups in total. The van der Waals surface area contributed by atoms with Crippen LogP contribution in [0.4, 0.5) is 5.82 Å². The molecule has 0 unspecified atom stereocenters. The van der Waals surface area contributed by atoms with Gasteiger partial charge >= 0.3 is 0 Å². The fourth-order valence-electron chi connectivity index (χ4n) is 1.37. The van der Waals surface area contributed by atoms with Crippen LogP contribution in [-0.2, 0) is 11.3 Å². The molecule has 0 aliphatic rings. The molecule has 8 heteroatoms. The van der Waals surface area contributed by atoms with Gasteiger partial charge in [0.1, 0.15) is 0 Å².